The highest BCUT2D eigenvalue weighted by atomic mass is 16.5. The van der Waals surface area contributed by atoms with E-state index in [0.29, 0.717) is 23.6 Å². The lowest BCUT2D eigenvalue weighted by Crippen LogP contribution is -2.22. The Morgan fingerprint density at radius 2 is 2.17 bits per heavy atom. The summed E-state index contributed by atoms with van der Waals surface area (Å²) in [6.07, 6.45) is 1.96. The minimum absolute atomic E-state index is 0.0650. The summed E-state index contributed by atoms with van der Waals surface area (Å²) in [7, 11) is 0. The molecular weight excluding hydrogens is 230 g/mol. The summed E-state index contributed by atoms with van der Waals surface area (Å²) >= 11 is 0. The van der Waals surface area contributed by atoms with E-state index >= 15 is 0 Å². The van der Waals surface area contributed by atoms with E-state index in [1.165, 1.54) is 0 Å². The maximum Gasteiger partial charge on any atom is 0.230 e. The number of Topliss-reactive ketones (excluding diaryl/α,β-unsaturated/α-hetero) is 1. The molecule has 0 saturated heterocycles. The first-order valence-corrected chi connectivity index (χ1v) is 6.27. The molecule has 1 heterocycles. The summed E-state index contributed by atoms with van der Waals surface area (Å²) in [5.41, 5.74) is 1.27. The van der Waals surface area contributed by atoms with Crippen LogP contribution in [0.1, 0.15) is 30.1 Å². The number of carbonyl (C=O) groups is 2. The molecule has 1 aliphatic heterocycles. The van der Waals surface area contributed by atoms with Gasteiger partial charge in [-0.2, -0.15) is 0 Å². The van der Waals surface area contributed by atoms with E-state index in [1.54, 1.807) is 18.2 Å². The number of benzene rings is 1. The fourth-order valence-electron chi connectivity index (χ4n) is 2.03. The minimum atomic E-state index is -0.181. The molecule has 3 rings (SSSR count). The lowest BCUT2D eigenvalue weighted by atomic mass is 10.1. The van der Waals surface area contributed by atoms with Gasteiger partial charge >= 0.3 is 0 Å². The summed E-state index contributed by atoms with van der Waals surface area (Å²) in [5.74, 6) is 0.749. The topological polar surface area (TPSA) is 55.4 Å². The number of hydrogen-bond donors (Lipinski definition) is 1. The quantitative estimate of drug-likeness (QED) is 0.813. The highest BCUT2D eigenvalue weighted by Crippen LogP contribution is 2.35. The van der Waals surface area contributed by atoms with Gasteiger partial charge in [0, 0.05) is 11.5 Å². The number of amides is 1. The van der Waals surface area contributed by atoms with E-state index in [4.69, 9.17) is 4.74 Å². The highest BCUT2D eigenvalue weighted by molar-refractivity contribution is 6.02. The van der Waals surface area contributed by atoms with Crippen LogP contribution in [-0.4, -0.2) is 18.3 Å². The van der Waals surface area contributed by atoms with Crippen molar-refractivity contribution in [1.82, 2.24) is 0 Å². The van der Waals surface area contributed by atoms with Crippen molar-refractivity contribution < 1.29 is 14.3 Å². The Kier molecular flexibility index (Phi) is 2.58. The Balaban J connectivity index is 1.92. The molecular formula is C14H15NO3. The number of hydrogen-bond acceptors (Lipinski definition) is 3. The van der Waals surface area contributed by atoms with Crippen molar-refractivity contribution >= 4 is 17.4 Å². The van der Waals surface area contributed by atoms with Crippen LogP contribution in [0, 0.1) is 11.8 Å². The average molecular weight is 245 g/mol. The van der Waals surface area contributed by atoms with Crippen molar-refractivity contribution in [2.45, 2.75) is 19.8 Å². The summed E-state index contributed by atoms with van der Waals surface area (Å²) in [6.45, 7) is 2.19. The zero-order valence-electron chi connectivity index (χ0n) is 10.2. The number of ketones is 1. The molecule has 1 atom stereocenters. The Bertz CT molecular complexity index is 520. The highest BCUT2D eigenvalue weighted by Gasteiger charge is 2.31. The normalized spacial score (nSPS) is 22.5. The molecule has 1 N–H and O–H groups in total. The van der Waals surface area contributed by atoms with Gasteiger partial charge in [0.05, 0.1) is 18.2 Å². The lowest BCUT2D eigenvalue weighted by molar-refractivity contribution is -0.119. The molecule has 4 nitrogen and oxygen atoms in total. The summed E-state index contributed by atoms with van der Waals surface area (Å²) in [5, 5.41) is 2.81. The van der Waals surface area contributed by atoms with Gasteiger partial charge in [-0.25, -0.2) is 0 Å². The third kappa shape index (κ3) is 1.98. The van der Waals surface area contributed by atoms with Gasteiger partial charge in [-0.05, 0) is 31.0 Å². The molecule has 2 aliphatic rings. The second-order valence-electron chi connectivity index (χ2n) is 5.05. The number of rotatable bonds is 2. The van der Waals surface area contributed by atoms with E-state index in [9.17, 15) is 9.59 Å². The van der Waals surface area contributed by atoms with Crippen molar-refractivity contribution in [3.63, 3.8) is 0 Å². The van der Waals surface area contributed by atoms with Gasteiger partial charge in [0.1, 0.15) is 5.75 Å². The Hall–Kier alpha value is -1.84. The van der Waals surface area contributed by atoms with Crippen molar-refractivity contribution in [2.75, 3.05) is 11.9 Å². The van der Waals surface area contributed by atoms with Crippen molar-refractivity contribution in [3.8, 4) is 5.75 Å². The van der Waals surface area contributed by atoms with E-state index in [0.717, 1.165) is 12.8 Å². The Labute approximate surface area is 105 Å². The molecule has 1 aromatic carbocycles. The molecule has 1 saturated carbocycles. The summed E-state index contributed by atoms with van der Waals surface area (Å²) < 4.78 is 5.55. The average Bonchev–Trinajstić information content (AvgIpc) is 3.19. The van der Waals surface area contributed by atoms with Crippen LogP contribution >= 0.6 is 0 Å². The second kappa shape index (κ2) is 4.12. The first-order valence-electron chi connectivity index (χ1n) is 6.27. The molecule has 1 aliphatic carbocycles. The Morgan fingerprint density at radius 3 is 2.89 bits per heavy atom. The van der Waals surface area contributed by atoms with Gasteiger partial charge in [-0.1, -0.05) is 6.92 Å². The number of nitrogens with one attached hydrogen (secondary N) is 1. The van der Waals surface area contributed by atoms with Gasteiger partial charge in [-0.15, -0.1) is 0 Å². The van der Waals surface area contributed by atoms with Crippen molar-refractivity contribution in [1.29, 1.82) is 0 Å². The largest absolute Gasteiger partial charge is 0.491 e. The number of carbonyl (C=O) groups excluding carboxylic acids is 2. The molecule has 1 amide bonds. The maximum absolute atomic E-state index is 12.0. The van der Waals surface area contributed by atoms with Crippen LogP contribution in [-0.2, 0) is 4.79 Å². The zero-order valence-corrected chi connectivity index (χ0v) is 10.2. The maximum atomic E-state index is 12.0. The van der Waals surface area contributed by atoms with Gasteiger partial charge in [0.15, 0.2) is 5.78 Å². The lowest BCUT2D eigenvalue weighted by Gasteiger charge is -2.08. The van der Waals surface area contributed by atoms with Crippen LogP contribution in [0.5, 0.6) is 5.75 Å². The number of ether oxygens (including phenoxy) is 1. The standard InChI is InChI=1S/C14H15NO3/c1-8-7-18-12-5-4-10(13(16)9-2-3-9)6-11(12)15-14(8)17/h4-6,8-9H,2-3,7H2,1H3,(H,15,17). The molecule has 0 aromatic heterocycles. The van der Waals surface area contributed by atoms with E-state index in [2.05, 4.69) is 5.32 Å². The molecule has 0 spiro atoms. The van der Waals surface area contributed by atoms with Crippen molar-refractivity contribution in [2.24, 2.45) is 11.8 Å². The van der Waals surface area contributed by atoms with Gasteiger partial charge in [-0.3, -0.25) is 9.59 Å². The van der Waals surface area contributed by atoms with Gasteiger partial charge in [0.2, 0.25) is 5.91 Å². The fraction of sp³-hybridized carbons (Fsp3) is 0.429. The van der Waals surface area contributed by atoms with Crippen LogP contribution in [0.4, 0.5) is 5.69 Å². The zero-order chi connectivity index (χ0) is 12.7. The molecule has 0 radical (unpaired) electrons. The van der Waals surface area contributed by atoms with Crippen LogP contribution in [0.15, 0.2) is 18.2 Å². The van der Waals surface area contributed by atoms with E-state index in [-0.39, 0.29) is 23.5 Å². The van der Waals surface area contributed by atoms with Gasteiger partial charge < -0.3 is 10.1 Å². The van der Waals surface area contributed by atoms with E-state index in [1.807, 2.05) is 6.92 Å². The summed E-state index contributed by atoms with van der Waals surface area (Å²) in [4.78, 5) is 23.7. The predicted octanol–water partition coefficient (Wildman–Crippen LogP) is 2.25. The molecule has 0 bridgehead atoms. The molecule has 1 unspecified atom stereocenters. The van der Waals surface area contributed by atoms with Crippen LogP contribution < -0.4 is 10.1 Å². The molecule has 4 heteroatoms. The predicted molar refractivity (Wildman–Crippen MR) is 66.8 cm³/mol. The van der Waals surface area contributed by atoms with Gasteiger partial charge in [0.25, 0.3) is 0 Å². The first-order chi connectivity index (χ1) is 8.65. The van der Waals surface area contributed by atoms with Crippen LogP contribution in [0.3, 0.4) is 0 Å². The fourth-order valence-corrected chi connectivity index (χ4v) is 2.03. The third-order valence-corrected chi connectivity index (χ3v) is 3.41. The minimum Gasteiger partial charge on any atom is -0.491 e. The van der Waals surface area contributed by atoms with E-state index < -0.39 is 0 Å². The monoisotopic (exact) mass is 245 g/mol. The molecule has 1 fully saturated rings. The van der Waals surface area contributed by atoms with Crippen molar-refractivity contribution in [3.05, 3.63) is 23.8 Å². The number of fused-ring (bicyclic) bond motifs is 1. The van der Waals surface area contributed by atoms with Crippen LogP contribution in [0.25, 0.3) is 0 Å². The molecule has 94 valence electrons. The molecule has 18 heavy (non-hydrogen) atoms. The second-order valence-corrected chi connectivity index (χ2v) is 5.05. The third-order valence-electron chi connectivity index (χ3n) is 3.41. The first kappa shape index (κ1) is 11.3. The smallest absolute Gasteiger partial charge is 0.230 e. The number of anilines is 1. The molecule has 1 aromatic rings. The summed E-state index contributed by atoms with van der Waals surface area (Å²) in [6, 6.07) is 5.27. The SMILES string of the molecule is CC1COc2ccc(C(=O)C3CC3)cc2NC1=O. The Morgan fingerprint density at radius 1 is 1.39 bits per heavy atom. The van der Waals surface area contributed by atoms with Crippen LogP contribution in [0.2, 0.25) is 0 Å².